The maximum Gasteiger partial charge on any atom is 0.124 e. The van der Waals surface area contributed by atoms with Gasteiger partial charge in [-0.3, -0.25) is 0 Å². The number of aromatic hydroxyl groups is 1. The van der Waals surface area contributed by atoms with Crippen LogP contribution in [0.3, 0.4) is 0 Å². The molecule has 1 aromatic carbocycles. The predicted molar refractivity (Wildman–Crippen MR) is 42.6 cm³/mol. The number of hydrogen-bond acceptors (Lipinski definition) is 2. The van der Waals surface area contributed by atoms with E-state index >= 15 is 0 Å². The summed E-state index contributed by atoms with van der Waals surface area (Å²) in [5.74, 6) is 0.176. The smallest absolute Gasteiger partial charge is 0.124 e. The Balaban J connectivity index is 3.19. The number of benzene rings is 1. The molecule has 0 aromatic heterocycles. The largest absolute Gasteiger partial charge is 0.507 e. The maximum atomic E-state index is 9.14. The number of nitrogens with two attached hydrogens (primary N) is 1. The van der Waals surface area contributed by atoms with E-state index in [1.807, 2.05) is 0 Å². The zero-order chi connectivity index (χ0) is 7.56. The molecule has 0 aliphatic rings. The lowest BCUT2D eigenvalue weighted by Crippen LogP contribution is -1.83. The monoisotopic (exact) mass is 135 g/mol. The molecule has 0 bridgehead atoms. The molecule has 0 spiro atoms. The third kappa shape index (κ3) is 1.10. The summed E-state index contributed by atoms with van der Waals surface area (Å²) >= 11 is 0. The van der Waals surface area contributed by atoms with Gasteiger partial charge in [0.05, 0.1) is 0 Å². The Bertz CT molecular complexity index is 255. The van der Waals surface area contributed by atoms with Crippen molar-refractivity contribution in [2.45, 2.75) is 0 Å². The molecule has 52 valence electrons. The Morgan fingerprint density at radius 2 is 2.20 bits per heavy atom. The summed E-state index contributed by atoms with van der Waals surface area (Å²) in [7, 11) is 0. The molecule has 0 unspecified atom stereocenters. The van der Waals surface area contributed by atoms with Gasteiger partial charge in [0, 0.05) is 17.3 Å². The normalized spacial score (nSPS) is 9.20. The van der Waals surface area contributed by atoms with Crippen LogP contribution < -0.4 is 5.73 Å². The van der Waals surface area contributed by atoms with Crippen LogP contribution in [0.4, 0.5) is 5.69 Å². The summed E-state index contributed by atoms with van der Waals surface area (Å²) in [5, 5.41) is 9.14. The molecule has 0 amide bonds. The molecule has 10 heavy (non-hydrogen) atoms. The van der Waals surface area contributed by atoms with Crippen molar-refractivity contribution in [1.29, 1.82) is 0 Å². The molecule has 3 N–H and O–H groups in total. The third-order valence-electron chi connectivity index (χ3n) is 1.27. The third-order valence-corrected chi connectivity index (χ3v) is 1.27. The zero-order valence-corrected chi connectivity index (χ0v) is 5.54. The molecule has 0 radical (unpaired) electrons. The van der Waals surface area contributed by atoms with Crippen molar-refractivity contribution in [1.82, 2.24) is 0 Å². The minimum absolute atomic E-state index is 0.176. The molecular formula is C8H9NO. The van der Waals surface area contributed by atoms with E-state index < -0.39 is 0 Å². The Kier molecular flexibility index (Phi) is 1.63. The molecule has 0 saturated carbocycles. The summed E-state index contributed by atoms with van der Waals surface area (Å²) < 4.78 is 0. The Morgan fingerprint density at radius 1 is 1.50 bits per heavy atom. The van der Waals surface area contributed by atoms with Gasteiger partial charge in [0.1, 0.15) is 5.75 Å². The van der Waals surface area contributed by atoms with E-state index in [0.29, 0.717) is 11.3 Å². The van der Waals surface area contributed by atoms with Gasteiger partial charge in [-0.15, -0.1) is 0 Å². The molecule has 0 atom stereocenters. The average Bonchev–Trinajstić information content (AvgIpc) is 1.88. The van der Waals surface area contributed by atoms with Gasteiger partial charge in [0.15, 0.2) is 0 Å². The summed E-state index contributed by atoms with van der Waals surface area (Å²) in [6.07, 6.45) is 1.58. The van der Waals surface area contributed by atoms with Crippen LogP contribution in [-0.2, 0) is 0 Å². The first-order valence-electron chi connectivity index (χ1n) is 2.95. The van der Waals surface area contributed by atoms with Crippen LogP contribution in [-0.4, -0.2) is 5.11 Å². The first-order valence-corrected chi connectivity index (χ1v) is 2.95. The van der Waals surface area contributed by atoms with Gasteiger partial charge in [-0.1, -0.05) is 12.7 Å². The topological polar surface area (TPSA) is 46.2 Å². The zero-order valence-electron chi connectivity index (χ0n) is 5.54. The lowest BCUT2D eigenvalue weighted by atomic mass is 10.2. The Morgan fingerprint density at radius 3 is 2.70 bits per heavy atom. The van der Waals surface area contributed by atoms with Crippen LogP contribution in [0.15, 0.2) is 24.8 Å². The van der Waals surface area contributed by atoms with Gasteiger partial charge in [-0.05, 0) is 12.1 Å². The highest BCUT2D eigenvalue weighted by atomic mass is 16.3. The number of nitrogen functional groups attached to an aromatic ring is 1. The van der Waals surface area contributed by atoms with Crippen LogP contribution in [0.25, 0.3) is 6.08 Å². The SMILES string of the molecule is C=Cc1ccc(N)cc1O. The van der Waals surface area contributed by atoms with Gasteiger partial charge >= 0.3 is 0 Å². The van der Waals surface area contributed by atoms with E-state index in [-0.39, 0.29) is 5.75 Å². The van der Waals surface area contributed by atoms with E-state index in [4.69, 9.17) is 10.8 Å². The first-order chi connectivity index (χ1) is 4.74. The number of hydrogen-bond donors (Lipinski definition) is 2. The maximum absolute atomic E-state index is 9.14. The Hall–Kier alpha value is -1.44. The molecule has 1 rings (SSSR count). The molecule has 2 heteroatoms. The minimum Gasteiger partial charge on any atom is -0.507 e. The fourth-order valence-electron chi connectivity index (χ4n) is 0.733. The van der Waals surface area contributed by atoms with Crippen LogP contribution >= 0.6 is 0 Å². The minimum atomic E-state index is 0.176. The predicted octanol–water partition coefficient (Wildman–Crippen LogP) is 1.62. The van der Waals surface area contributed by atoms with E-state index in [1.165, 1.54) is 6.07 Å². The molecule has 0 saturated heterocycles. The van der Waals surface area contributed by atoms with Crippen molar-refractivity contribution >= 4 is 11.8 Å². The first kappa shape index (κ1) is 6.68. The van der Waals surface area contributed by atoms with E-state index in [0.717, 1.165) is 0 Å². The van der Waals surface area contributed by atoms with Gasteiger partial charge < -0.3 is 10.8 Å². The van der Waals surface area contributed by atoms with Crippen molar-refractivity contribution in [3.8, 4) is 5.75 Å². The van der Waals surface area contributed by atoms with Crippen molar-refractivity contribution in [2.24, 2.45) is 0 Å². The molecule has 0 aliphatic heterocycles. The highest BCUT2D eigenvalue weighted by Crippen LogP contribution is 2.20. The van der Waals surface area contributed by atoms with Crippen molar-refractivity contribution in [2.75, 3.05) is 5.73 Å². The highest BCUT2D eigenvalue weighted by Gasteiger charge is 1.94. The summed E-state index contributed by atoms with van der Waals surface area (Å²) in [4.78, 5) is 0. The van der Waals surface area contributed by atoms with Crippen LogP contribution in [0.5, 0.6) is 5.75 Å². The van der Waals surface area contributed by atoms with Crippen molar-refractivity contribution in [3.05, 3.63) is 30.3 Å². The second-order valence-corrected chi connectivity index (χ2v) is 2.02. The lowest BCUT2D eigenvalue weighted by Gasteiger charge is -1.98. The molecule has 0 fully saturated rings. The summed E-state index contributed by atoms with van der Waals surface area (Å²) in [6.45, 7) is 3.52. The molecule has 0 aliphatic carbocycles. The summed E-state index contributed by atoms with van der Waals surface area (Å²) in [6, 6.07) is 4.94. The second-order valence-electron chi connectivity index (χ2n) is 2.02. The van der Waals surface area contributed by atoms with Gasteiger partial charge in [-0.2, -0.15) is 0 Å². The van der Waals surface area contributed by atoms with Gasteiger partial charge in [-0.25, -0.2) is 0 Å². The lowest BCUT2D eigenvalue weighted by molar-refractivity contribution is 0.474. The van der Waals surface area contributed by atoms with E-state index in [9.17, 15) is 0 Å². The fraction of sp³-hybridized carbons (Fsp3) is 0. The van der Waals surface area contributed by atoms with Gasteiger partial charge in [0.2, 0.25) is 0 Å². The van der Waals surface area contributed by atoms with Crippen LogP contribution in [0, 0.1) is 0 Å². The standard InChI is InChI=1S/C8H9NO/c1-2-6-3-4-7(9)5-8(6)10/h2-5,10H,1,9H2. The van der Waals surface area contributed by atoms with Crippen molar-refractivity contribution < 1.29 is 5.11 Å². The fourth-order valence-corrected chi connectivity index (χ4v) is 0.733. The quantitative estimate of drug-likeness (QED) is 0.575. The van der Waals surface area contributed by atoms with Crippen LogP contribution in [0.2, 0.25) is 0 Å². The van der Waals surface area contributed by atoms with E-state index in [2.05, 4.69) is 6.58 Å². The molecule has 2 nitrogen and oxygen atoms in total. The number of phenols is 1. The van der Waals surface area contributed by atoms with Crippen molar-refractivity contribution in [3.63, 3.8) is 0 Å². The van der Waals surface area contributed by atoms with Gasteiger partial charge in [0.25, 0.3) is 0 Å². The summed E-state index contributed by atoms with van der Waals surface area (Å²) in [5.41, 5.74) is 6.65. The number of anilines is 1. The highest BCUT2D eigenvalue weighted by molar-refractivity contribution is 5.59. The molecule has 1 aromatic rings. The molecule has 0 heterocycles. The second kappa shape index (κ2) is 2.43. The average molecular weight is 135 g/mol. The molecular weight excluding hydrogens is 126 g/mol. The van der Waals surface area contributed by atoms with E-state index in [1.54, 1.807) is 18.2 Å². The Labute approximate surface area is 59.6 Å². The van der Waals surface area contributed by atoms with Crippen LogP contribution in [0.1, 0.15) is 5.56 Å². The number of phenolic OH excluding ortho intramolecular Hbond substituents is 1. The number of rotatable bonds is 1.